The number of nitrogens with one attached hydrogen (secondary N) is 2. The first kappa shape index (κ1) is 14.0. The molecule has 0 aliphatic carbocycles. The number of hydrogen-bond donors (Lipinski definition) is 2. The zero-order valence-electron chi connectivity index (χ0n) is 9.78. The van der Waals surface area contributed by atoms with Crippen LogP contribution >= 0.6 is 24.0 Å². The van der Waals surface area contributed by atoms with Gasteiger partial charge >= 0.3 is 0 Å². The van der Waals surface area contributed by atoms with Crippen molar-refractivity contribution in [2.45, 2.75) is 6.42 Å². The molecule has 0 unspecified atom stereocenters. The summed E-state index contributed by atoms with van der Waals surface area (Å²) in [4.78, 5) is 4.35. The first-order valence-corrected chi connectivity index (χ1v) is 5.61. The van der Waals surface area contributed by atoms with Crippen LogP contribution in [0.15, 0.2) is 41.9 Å². The third-order valence-corrected chi connectivity index (χ3v) is 2.55. The Hall–Kier alpha value is -1.04. The van der Waals surface area contributed by atoms with Crippen LogP contribution in [0, 0.1) is 0 Å². The Morgan fingerprint density at radius 1 is 1.35 bits per heavy atom. The maximum absolute atomic E-state index is 4.35. The highest BCUT2D eigenvalue weighted by Gasteiger charge is 2.03. The van der Waals surface area contributed by atoms with E-state index in [0.717, 1.165) is 37.6 Å². The first-order chi connectivity index (χ1) is 7.86. The molecule has 0 bridgehead atoms. The fraction of sp³-hybridized carbons (Fsp3) is 0.308. The van der Waals surface area contributed by atoms with Gasteiger partial charge in [0.1, 0.15) is 0 Å². The zero-order chi connectivity index (χ0) is 11.2. The van der Waals surface area contributed by atoms with Crippen LogP contribution in [0.1, 0.15) is 12.0 Å². The van der Waals surface area contributed by atoms with Crippen LogP contribution in [0.4, 0.5) is 0 Å². The summed E-state index contributed by atoms with van der Waals surface area (Å²) in [6.07, 6.45) is 1.12. The van der Waals surface area contributed by atoms with Gasteiger partial charge in [-0.1, -0.05) is 36.9 Å². The Morgan fingerprint density at radius 3 is 2.76 bits per heavy atom. The van der Waals surface area contributed by atoms with E-state index in [1.165, 1.54) is 5.56 Å². The maximum Gasteiger partial charge on any atom is 0.191 e. The molecule has 2 N–H and O–H groups in total. The molecule has 1 aliphatic rings. The summed E-state index contributed by atoms with van der Waals surface area (Å²) in [5, 5.41) is 6.48. The number of benzene rings is 1. The predicted octanol–water partition coefficient (Wildman–Crippen LogP) is 2.26. The van der Waals surface area contributed by atoms with Gasteiger partial charge in [0.2, 0.25) is 0 Å². The molecule has 1 aliphatic heterocycles. The molecule has 0 fully saturated rings. The van der Waals surface area contributed by atoms with Gasteiger partial charge in [0.15, 0.2) is 5.96 Å². The van der Waals surface area contributed by atoms with Crippen LogP contribution < -0.4 is 10.6 Å². The molecular weight excluding hydrogens is 325 g/mol. The number of guanidine groups is 1. The summed E-state index contributed by atoms with van der Waals surface area (Å²) in [6, 6.07) is 10.2. The number of halogens is 1. The lowest BCUT2D eigenvalue weighted by atomic mass is 10.1. The van der Waals surface area contributed by atoms with Gasteiger partial charge in [0.05, 0.1) is 0 Å². The van der Waals surface area contributed by atoms with Crippen molar-refractivity contribution < 1.29 is 0 Å². The second-order valence-corrected chi connectivity index (χ2v) is 3.83. The van der Waals surface area contributed by atoms with Crippen LogP contribution in [-0.2, 0) is 0 Å². The topological polar surface area (TPSA) is 36.4 Å². The van der Waals surface area contributed by atoms with Crippen LogP contribution in [0.3, 0.4) is 0 Å². The van der Waals surface area contributed by atoms with E-state index < -0.39 is 0 Å². The first-order valence-electron chi connectivity index (χ1n) is 5.61. The summed E-state index contributed by atoms with van der Waals surface area (Å²) in [7, 11) is 0. The molecule has 0 radical (unpaired) electrons. The molecule has 1 aromatic rings. The Kier molecular flexibility index (Phi) is 6.04. The van der Waals surface area contributed by atoms with Crippen molar-refractivity contribution in [2.24, 2.45) is 4.99 Å². The molecular formula is C13H18IN3. The lowest BCUT2D eigenvalue weighted by Crippen LogP contribution is -2.41. The van der Waals surface area contributed by atoms with E-state index in [1.807, 2.05) is 18.2 Å². The van der Waals surface area contributed by atoms with Gasteiger partial charge in [-0.2, -0.15) is 0 Å². The monoisotopic (exact) mass is 343 g/mol. The summed E-state index contributed by atoms with van der Waals surface area (Å²) in [5.41, 5.74) is 2.25. The largest absolute Gasteiger partial charge is 0.356 e. The molecule has 4 heteroatoms. The average molecular weight is 343 g/mol. The lowest BCUT2D eigenvalue weighted by Gasteiger charge is -2.16. The number of hydrogen-bond acceptors (Lipinski definition) is 3. The highest BCUT2D eigenvalue weighted by Crippen LogP contribution is 2.09. The normalized spacial score (nSPS) is 14.0. The van der Waals surface area contributed by atoms with Crippen molar-refractivity contribution in [1.82, 2.24) is 10.6 Å². The van der Waals surface area contributed by atoms with E-state index in [9.17, 15) is 0 Å². The molecule has 0 saturated heterocycles. The van der Waals surface area contributed by atoms with Crippen LogP contribution in [0.5, 0.6) is 0 Å². The van der Waals surface area contributed by atoms with E-state index in [4.69, 9.17) is 0 Å². The minimum absolute atomic E-state index is 0. The van der Waals surface area contributed by atoms with Crippen molar-refractivity contribution >= 4 is 35.5 Å². The van der Waals surface area contributed by atoms with Crippen LogP contribution in [0.2, 0.25) is 0 Å². The van der Waals surface area contributed by atoms with Crippen molar-refractivity contribution in [2.75, 3.05) is 19.6 Å². The summed E-state index contributed by atoms with van der Waals surface area (Å²) in [6.45, 7) is 6.71. The zero-order valence-corrected chi connectivity index (χ0v) is 12.1. The lowest BCUT2D eigenvalue weighted by molar-refractivity contribution is 0.714. The quantitative estimate of drug-likeness (QED) is 0.826. The van der Waals surface area contributed by atoms with Crippen molar-refractivity contribution in [3.63, 3.8) is 0 Å². The van der Waals surface area contributed by atoms with E-state index in [-0.39, 0.29) is 24.0 Å². The predicted molar refractivity (Wildman–Crippen MR) is 83.8 cm³/mol. The van der Waals surface area contributed by atoms with Gasteiger partial charge in [-0.25, -0.2) is 0 Å². The highest BCUT2D eigenvalue weighted by molar-refractivity contribution is 14.0. The molecule has 0 atom stereocenters. The van der Waals surface area contributed by atoms with E-state index >= 15 is 0 Å². The van der Waals surface area contributed by atoms with Crippen molar-refractivity contribution in [1.29, 1.82) is 0 Å². The molecule has 1 aromatic carbocycles. The molecule has 3 nitrogen and oxygen atoms in total. The molecule has 0 aromatic heterocycles. The van der Waals surface area contributed by atoms with Gasteiger partial charge in [0, 0.05) is 19.6 Å². The fourth-order valence-corrected chi connectivity index (χ4v) is 1.62. The van der Waals surface area contributed by atoms with E-state index in [2.05, 4.69) is 34.3 Å². The second kappa shape index (κ2) is 7.32. The molecule has 0 spiro atoms. The Labute approximate surface area is 119 Å². The Bertz CT molecular complexity index is 387. The number of aliphatic imine (C=N–C) groups is 1. The third-order valence-electron chi connectivity index (χ3n) is 2.55. The Morgan fingerprint density at radius 2 is 2.12 bits per heavy atom. The molecule has 0 saturated carbocycles. The second-order valence-electron chi connectivity index (χ2n) is 3.83. The smallest absolute Gasteiger partial charge is 0.191 e. The van der Waals surface area contributed by atoms with Gasteiger partial charge in [0.25, 0.3) is 0 Å². The molecule has 0 amide bonds. The van der Waals surface area contributed by atoms with Crippen LogP contribution in [0.25, 0.3) is 5.57 Å². The van der Waals surface area contributed by atoms with Gasteiger partial charge in [-0.3, -0.25) is 4.99 Å². The highest BCUT2D eigenvalue weighted by atomic mass is 127. The fourth-order valence-electron chi connectivity index (χ4n) is 1.62. The van der Waals surface area contributed by atoms with Crippen LogP contribution in [-0.4, -0.2) is 25.6 Å². The maximum atomic E-state index is 4.35. The van der Waals surface area contributed by atoms with E-state index in [1.54, 1.807) is 0 Å². The summed E-state index contributed by atoms with van der Waals surface area (Å²) < 4.78 is 0. The Balaban J connectivity index is 0.00000144. The average Bonchev–Trinajstić information content (AvgIpc) is 2.38. The molecule has 1 heterocycles. The minimum Gasteiger partial charge on any atom is -0.356 e. The molecule has 17 heavy (non-hydrogen) atoms. The molecule has 2 rings (SSSR count). The summed E-state index contributed by atoms with van der Waals surface area (Å²) >= 11 is 0. The number of nitrogens with zero attached hydrogens (tertiary/aromatic N) is 1. The van der Waals surface area contributed by atoms with Crippen molar-refractivity contribution in [3.8, 4) is 0 Å². The molecule has 92 valence electrons. The van der Waals surface area contributed by atoms with Gasteiger partial charge in [-0.15, -0.1) is 24.0 Å². The third kappa shape index (κ3) is 4.38. The minimum atomic E-state index is 0. The number of rotatable bonds is 3. The van der Waals surface area contributed by atoms with Gasteiger partial charge in [-0.05, 0) is 17.6 Å². The van der Waals surface area contributed by atoms with Gasteiger partial charge < -0.3 is 10.6 Å². The van der Waals surface area contributed by atoms with E-state index in [0.29, 0.717) is 0 Å². The van der Waals surface area contributed by atoms with Crippen molar-refractivity contribution in [3.05, 3.63) is 42.5 Å². The SMILES string of the molecule is C=C(CNC1=NCCCN1)c1ccccc1.I. The summed E-state index contributed by atoms with van der Waals surface area (Å²) in [5.74, 6) is 0.892. The standard InChI is InChI=1S/C13H17N3.HI/c1-11(12-6-3-2-4-7-12)10-16-13-14-8-5-9-15-13;/h2-4,6-7H,1,5,8-10H2,(H2,14,15,16);1H.